The number of benzene rings is 2. The third-order valence-corrected chi connectivity index (χ3v) is 6.13. The van der Waals surface area contributed by atoms with E-state index in [4.69, 9.17) is 21.1 Å². The van der Waals surface area contributed by atoms with Crippen LogP contribution in [0.3, 0.4) is 0 Å². The number of hydrogen-bond acceptors (Lipinski definition) is 5. The molecular weight excluding hydrogens is 440 g/mol. The number of halogens is 1. The van der Waals surface area contributed by atoms with Crippen molar-refractivity contribution in [3.63, 3.8) is 0 Å². The Labute approximate surface area is 189 Å². The molecule has 0 radical (unpaired) electrons. The van der Waals surface area contributed by atoms with Gasteiger partial charge in [-0.15, -0.1) is 0 Å². The molecule has 0 unspecified atom stereocenters. The zero-order chi connectivity index (χ0) is 23.2. The molecule has 9 heteroatoms. The van der Waals surface area contributed by atoms with E-state index in [1.54, 1.807) is 12.1 Å². The number of nitrogens with zero attached hydrogens (tertiary/aromatic N) is 1. The van der Waals surface area contributed by atoms with Crippen LogP contribution >= 0.6 is 11.6 Å². The molecular formula is C22H29ClN2O5S. The van der Waals surface area contributed by atoms with Gasteiger partial charge in [0.25, 0.3) is 0 Å². The van der Waals surface area contributed by atoms with Gasteiger partial charge < -0.3 is 14.8 Å². The van der Waals surface area contributed by atoms with Crippen LogP contribution in [-0.4, -0.2) is 46.9 Å². The van der Waals surface area contributed by atoms with Gasteiger partial charge in [0, 0.05) is 5.02 Å². The third kappa shape index (κ3) is 6.51. The lowest BCUT2D eigenvalue weighted by Crippen LogP contribution is -2.48. The van der Waals surface area contributed by atoms with E-state index in [-0.39, 0.29) is 18.8 Å². The van der Waals surface area contributed by atoms with Crippen LogP contribution in [0, 0.1) is 0 Å². The summed E-state index contributed by atoms with van der Waals surface area (Å²) in [4.78, 5) is 12.7. The van der Waals surface area contributed by atoms with E-state index in [1.807, 2.05) is 24.3 Å². The smallest absolute Gasteiger partial charge is 0.243 e. The highest BCUT2D eigenvalue weighted by Crippen LogP contribution is 2.34. The van der Waals surface area contributed by atoms with Crippen LogP contribution in [0.15, 0.2) is 42.5 Å². The first-order chi connectivity index (χ1) is 14.6. The molecule has 1 amide bonds. The molecule has 2 aromatic carbocycles. The Morgan fingerprint density at radius 3 is 2.42 bits per heavy atom. The molecule has 1 N–H and O–H groups in total. The number of carbonyl (C=O) groups excluding carboxylic acids is 1. The molecule has 0 aliphatic heterocycles. The number of hydrogen-bond donors (Lipinski definition) is 1. The molecule has 0 heterocycles. The van der Waals surface area contributed by atoms with E-state index in [2.05, 4.69) is 19.2 Å². The minimum absolute atomic E-state index is 0.197. The molecule has 0 spiro atoms. The lowest BCUT2D eigenvalue weighted by molar-refractivity contribution is -0.121. The van der Waals surface area contributed by atoms with Gasteiger partial charge in [-0.2, -0.15) is 0 Å². The summed E-state index contributed by atoms with van der Waals surface area (Å²) in [6.45, 7) is 6.14. The summed E-state index contributed by atoms with van der Waals surface area (Å²) in [6, 6.07) is 11.3. The quantitative estimate of drug-likeness (QED) is 0.536. The Bertz CT molecular complexity index is 1010. The molecule has 0 aliphatic carbocycles. The van der Waals surface area contributed by atoms with Gasteiger partial charge >= 0.3 is 0 Å². The second-order valence-electron chi connectivity index (χ2n) is 7.38. The topological polar surface area (TPSA) is 84.9 Å². The van der Waals surface area contributed by atoms with Crippen molar-refractivity contribution in [3.05, 3.63) is 53.1 Å². The zero-order valence-electron chi connectivity index (χ0n) is 18.4. The first kappa shape index (κ1) is 24.8. The molecule has 0 fully saturated rings. The van der Waals surface area contributed by atoms with Gasteiger partial charge in [0.2, 0.25) is 15.9 Å². The Morgan fingerprint density at radius 2 is 1.81 bits per heavy atom. The van der Waals surface area contributed by atoms with E-state index >= 15 is 0 Å². The van der Waals surface area contributed by atoms with Crippen LogP contribution in [0.4, 0.5) is 5.69 Å². The summed E-state index contributed by atoms with van der Waals surface area (Å²) in [7, 11) is -2.38. The Morgan fingerprint density at radius 1 is 1.13 bits per heavy atom. The second kappa shape index (κ2) is 10.7. The normalized spacial score (nSPS) is 12.4. The minimum atomic E-state index is -3.80. The minimum Gasteiger partial charge on any atom is -0.495 e. The molecule has 7 nitrogen and oxygen atoms in total. The number of carbonyl (C=O) groups is 1. The Balaban J connectivity index is 2.09. The van der Waals surface area contributed by atoms with Crippen LogP contribution in [-0.2, 0) is 14.8 Å². The second-order valence-corrected chi connectivity index (χ2v) is 9.68. The maximum Gasteiger partial charge on any atom is 0.243 e. The highest BCUT2D eigenvalue weighted by Gasteiger charge is 2.31. The van der Waals surface area contributed by atoms with Gasteiger partial charge in [-0.3, -0.25) is 9.10 Å². The van der Waals surface area contributed by atoms with E-state index in [0.29, 0.717) is 16.7 Å². The summed E-state index contributed by atoms with van der Waals surface area (Å²) in [5, 5.41) is 3.06. The summed E-state index contributed by atoms with van der Waals surface area (Å²) < 4.78 is 37.1. The van der Waals surface area contributed by atoms with Crippen LogP contribution in [0.25, 0.3) is 0 Å². The number of nitrogens with one attached hydrogen (secondary N) is 1. The summed E-state index contributed by atoms with van der Waals surface area (Å²) in [6.07, 6.45) is 1.03. The monoisotopic (exact) mass is 468 g/mol. The molecule has 2 rings (SSSR count). The van der Waals surface area contributed by atoms with Crippen molar-refractivity contribution in [2.75, 3.05) is 30.8 Å². The third-order valence-electron chi connectivity index (χ3n) is 4.67. The molecule has 0 bridgehead atoms. The van der Waals surface area contributed by atoms with Crippen molar-refractivity contribution < 1.29 is 22.7 Å². The first-order valence-corrected chi connectivity index (χ1v) is 12.1. The van der Waals surface area contributed by atoms with Crippen LogP contribution in [0.2, 0.25) is 5.02 Å². The molecule has 1 atom stereocenters. The number of sulfonamides is 1. The van der Waals surface area contributed by atoms with Gasteiger partial charge in [-0.1, -0.05) is 43.6 Å². The van der Waals surface area contributed by atoms with Crippen molar-refractivity contribution in [1.29, 1.82) is 0 Å². The fourth-order valence-corrected chi connectivity index (χ4v) is 4.52. The number of anilines is 1. The summed E-state index contributed by atoms with van der Waals surface area (Å²) >= 11 is 6.05. The highest BCUT2D eigenvalue weighted by molar-refractivity contribution is 7.92. The number of para-hydroxylation sites is 1. The molecule has 2 aromatic rings. The number of rotatable bonds is 10. The largest absolute Gasteiger partial charge is 0.495 e. The van der Waals surface area contributed by atoms with E-state index in [9.17, 15) is 13.2 Å². The zero-order valence-corrected chi connectivity index (χ0v) is 20.0. The fourth-order valence-electron chi connectivity index (χ4n) is 3.19. The SMILES string of the molecule is COc1ccc(Cl)cc1N([C@@H](C)C(=O)NCCOc1ccccc1C(C)C)S(C)(=O)=O. The Hall–Kier alpha value is -2.45. The van der Waals surface area contributed by atoms with Gasteiger partial charge in [0.15, 0.2) is 0 Å². The molecule has 0 aromatic heterocycles. The first-order valence-electron chi connectivity index (χ1n) is 9.88. The van der Waals surface area contributed by atoms with Gasteiger partial charge in [0.1, 0.15) is 24.1 Å². The van der Waals surface area contributed by atoms with Crippen LogP contribution in [0.1, 0.15) is 32.3 Å². The molecule has 0 saturated carbocycles. The van der Waals surface area contributed by atoms with Gasteiger partial charge in [-0.05, 0) is 42.7 Å². The average Bonchev–Trinajstić information content (AvgIpc) is 2.70. The molecule has 170 valence electrons. The lowest BCUT2D eigenvalue weighted by atomic mass is 10.0. The summed E-state index contributed by atoms with van der Waals surface area (Å²) in [5.74, 6) is 0.902. The predicted octanol–water partition coefficient (Wildman–Crippen LogP) is 3.82. The van der Waals surface area contributed by atoms with Gasteiger partial charge in [0.05, 0.1) is 25.6 Å². The van der Waals surface area contributed by atoms with Crippen molar-refractivity contribution in [2.45, 2.75) is 32.7 Å². The van der Waals surface area contributed by atoms with Crippen molar-refractivity contribution >= 4 is 33.2 Å². The van der Waals surface area contributed by atoms with Crippen molar-refractivity contribution in [1.82, 2.24) is 5.32 Å². The molecule has 0 aliphatic rings. The lowest BCUT2D eigenvalue weighted by Gasteiger charge is -2.29. The maximum atomic E-state index is 12.7. The summed E-state index contributed by atoms with van der Waals surface area (Å²) in [5.41, 5.74) is 1.28. The Kier molecular flexibility index (Phi) is 8.59. The predicted molar refractivity (Wildman–Crippen MR) is 124 cm³/mol. The van der Waals surface area contributed by atoms with Crippen molar-refractivity contribution in [3.8, 4) is 11.5 Å². The fraction of sp³-hybridized carbons (Fsp3) is 0.409. The number of methoxy groups -OCH3 is 1. The van der Waals surface area contributed by atoms with Crippen LogP contribution < -0.4 is 19.1 Å². The number of ether oxygens (including phenoxy) is 2. The van der Waals surface area contributed by atoms with E-state index in [1.165, 1.54) is 20.1 Å². The van der Waals surface area contributed by atoms with Crippen molar-refractivity contribution in [2.24, 2.45) is 0 Å². The van der Waals surface area contributed by atoms with Gasteiger partial charge in [-0.25, -0.2) is 8.42 Å². The molecule has 0 saturated heterocycles. The molecule has 31 heavy (non-hydrogen) atoms. The average molecular weight is 469 g/mol. The maximum absolute atomic E-state index is 12.7. The number of amides is 1. The van der Waals surface area contributed by atoms with Crippen LogP contribution in [0.5, 0.6) is 11.5 Å². The standard InChI is InChI=1S/C22H29ClN2O5S/c1-15(2)18-8-6-7-9-20(18)30-13-12-24-22(26)16(3)25(31(5,27)28)19-14-17(23)10-11-21(19)29-4/h6-11,14-16H,12-13H2,1-5H3,(H,24,26)/t16-/m0/s1. The van der Waals surface area contributed by atoms with E-state index in [0.717, 1.165) is 21.9 Å². The highest BCUT2D eigenvalue weighted by atomic mass is 35.5. The van der Waals surface area contributed by atoms with E-state index < -0.39 is 22.0 Å².